The number of thioether (sulfide) groups is 1. The van der Waals surface area contributed by atoms with Crippen molar-refractivity contribution in [3.63, 3.8) is 0 Å². The smallest absolute Gasteiger partial charge is 0.310 e. The van der Waals surface area contributed by atoms with Crippen molar-refractivity contribution in [2.45, 2.75) is 82.4 Å². The van der Waals surface area contributed by atoms with E-state index in [1.807, 2.05) is 45.9 Å². The number of fused-ring (bicyclic) bond motifs is 1. The minimum absolute atomic E-state index is 0.0251. The lowest BCUT2D eigenvalue weighted by Crippen LogP contribution is -2.59. The summed E-state index contributed by atoms with van der Waals surface area (Å²) in [5, 5.41) is 10.5. The molecule has 1 spiro atoms. The van der Waals surface area contributed by atoms with Crippen LogP contribution in [0.4, 0.5) is 5.69 Å². The molecule has 2 amide bonds. The molecule has 3 aliphatic rings. The summed E-state index contributed by atoms with van der Waals surface area (Å²) in [6, 6.07) is 4.58. The number of para-hydroxylation sites is 1. The topological polar surface area (TPSA) is 87.1 Å². The highest BCUT2D eigenvalue weighted by molar-refractivity contribution is 8.02. The molecule has 3 heterocycles. The summed E-state index contributed by atoms with van der Waals surface area (Å²) < 4.78 is 4.92. The molecular weight excluding hydrogens is 536 g/mol. The number of hydrogen-bond donors (Lipinski definition) is 1. The van der Waals surface area contributed by atoms with Gasteiger partial charge >= 0.3 is 5.97 Å². The highest BCUT2D eigenvalue weighted by atomic mass is 32.2. The second-order valence-corrected chi connectivity index (χ2v) is 13.9. The first-order valence-electron chi connectivity index (χ1n) is 14.9. The van der Waals surface area contributed by atoms with Crippen molar-refractivity contribution >= 4 is 35.2 Å². The molecule has 3 unspecified atom stereocenters. The third-order valence-corrected chi connectivity index (χ3v) is 11.2. The van der Waals surface area contributed by atoms with Gasteiger partial charge in [0, 0.05) is 17.5 Å². The first kappa shape index (κ1) is 31.4. The number of amides is 2. The van der Waals surface area contributed by atoms with E-state index in [9.17, 15) is 19.5 Å². The summed E-state index contributed by atoms with van der Waals surface area (Å²) in [5.41, 5.74) is 2.74. The largest absolute Gasteiger partial charge is 0.465 e. The normalized spacial score (nSPS) is 29.0. The highest BCUT2D eigenvalue weighted by Crippen LogP contribution is 2.69. The fourth-order valence-electron chi connectivity index (χ4n) is 7.52. The lowest BCUT2D eigenvalue weighted by molar-refractivity contribution is -0.155. The van der Waals surface area contributed by atoms with Crippen LogP contribution in [0.2, 0.25) is 0 Å². The van der Waals surface area contributed by atoms with Crippen LogP contribution in [0, 0.1) is 37.5 Å². The van der Waals surface area contributed by atoms with E-state index in [-0.39, 0.29) is 54.6 Å². The van der Waals surface area contributed by atoms with Crippen LogP contribution in [0.1, 0.15) is 57.6 Å². The van der Waals surface area contributed by atoms with Crippen LogP contribution in [0.25, 0.3) is 0 Å². The number of esters is 1. The molecule has 4 rings (SSSR count). The van der Waals surface area contributed by atoms with Gasteiger partial charge in [-0.3, -0.25) is 14.4 Å². The van der Waals surface area contributed by atoms with Gasteiger partial charge in [0.2, 0.25) is 5.91 Å². The van der Waals surface area contributed by atoms with E-state index in [2.05, 4.69) is 20.1 Å². The number of allylic oxidation sites excluding steroid dienone is 1. The van der Waals surface area contributed by atoms with E-state index < -0.39 is 28.7 Å². The number of likely N-dealkylation sites (tertiary alicyclic amines) is 1. The predicted molar refractivity (Wildman–Crippen MR) is 165 cm³/mol. The number of carbonyl (C=O) groups is 3. The molecule has 1 aromatic carbocycles. The second kappa shape index (κ2) is 12.7. The second-order valence-electron chi connectivity index (χ2n) is 12.3. The van der Waals surface area contributed by atoms with Crippen molar-refractivity contribution in [2.75, 3.05) is 24.7 Å². The number of benzene rings is 1. The van der Waals surface area contributed by atoms with Crippen LogP contribution in [0.15, 0.2) is 43.5 Å². The molecule has 3 aliphatic heterocycles. The molecule has 2 bridgehead atoms. The maximum Gasteiger partial charge on any atom is 0.310 e. The zero-order valence-corrected chi connectivity index (χ0v) is 26.0. The molecule has 7 nitrogen and oxygen atoms in total. The first-order chi connectivity index (χ1) is 19.5. The van der Waals surface area contributed by atoms with Crippen molar-refractivity contribution in [3.8, 4) is 0 Å². The van der Waals surface area contributed by atoms with E-state index in [4.69, 9.17) is 4.74 Å². The van der Waals surface area contributed by atoms with E-state index in [0.717, 1.165) is 29.7 Å². The van der Waals surface area contributed by atoms with Crippen molar-refractivity contribution < 1.29 is 24.2 Å². The van der Waals surface area contributed by atoms with Gasteiger partial charge in [-0.15, -0.1) is 24.9 Å². The quantitative estimate of drug-likeness (QED) is 0.198. The summed E-state index contributed by atoms with van der Waals surface area (Å²) in [5.74, 6) is -1.81. The van der Waals surface area contributed by atoms with Gasteiger partial charge in [-0.25, -0.2) is 0 Å². The molecule has 224 valence electrons. The predicted octanol–water partition coefficient (Wildman–Crippen LogP) is 5.08. The summed E-state index contributed by atoms with van der Waals surface area (Å²) >= 11 is 1.63. The van der Waals surface area contributed by atoms with Crippen LogP contribution < -0.4 is 4.90 Å². The zero-order valence-electron chi connectivity index (χ0n) is 25.2. The Balaban J connectivity index is 1.83. The van der Waals surface area contributed by atoms with E-state index >= 15 is 0 Å². The number of aliphatic hydroxyl groups excluding tert-OH is 1. The minimum atomic E-state index is -0.821. The zero-order chi connectivity index (χ0) is 30.1. The summed E-state index contributed by atoms with van der Waals surface area (Å²) in [6.07, 6.45) is 6.22. The van der Waals surface area contributed by atoms with Gasteiger partial charge < -0.3 is 19.6 Å². The third-order valence-electron chi connectivity index (χ3n) is 9.12. The van der Waals surface area contributed by atoms with Gasteiger partial charge in [-0.2, -0.15) is 0 Å². The van der Waals surface area contributed by atoms with Crippen molar-refractivity contribution in [3.05, 3.63) is 54.6 Å². The minimum Gasteiger partial charge on any atom is -0.465 e. The molecule has 8 heteroatoms. The van der Waals surface area contributed by atoms with Crippen LogP contribution in [-0.2, 0) is 19.1 Å². The van der Waals surface area contributed by atoms with E-state index in [0.29, 0.717) is 12.8 Å². The Bertz CT molecular complexity index is 1160. The fourth-order valence-corrected chi connectivity index (χ4v) is 9.91. The Morgan fingerprint density at radius 1 is 1.24 bits per heavy atom. The molecule has 0 saturated carbocycles. The summed E-state index contributed by atoms with van der Waals surface area (Å²) in [6.45, 7) is 18.1. The molecule has 0 aromatic heterocycles. The monoisotopic (exact) mass is 582 g/mol. The van der Waals surface area contributed by atoms with E-state index in [1.54, 1.807) is 33.7 Å². The number of aryl methyl sites for hydroxylation is 2. The van der Waals surface area contributed by atoms with Gasteiger partial charge in [0.15, 0.2) is 0 Å². The molecule has 41 heavy (non-hydrogen) atoms. The van der Waals surface area contributed by atoms with Gasteiger partial charge in [0.05, 0.1) is 35.8 Å². The van der Waals surface area contributed by atoms with Crippen molar-refractivity contribution in [1.82, 2.24) is 4.90 Å². The van der Waals surface area contributed by atoms with Crippen LogP contribution >= 0.6 is 11.8 Å². The molecule has 3 fully saturated rings. The average Bonchev–Trinajstić information content (AvgIpc) is 3.52. The third kappa shape index (κ3) is 5.38. The number of hydrogen-bond acceptors (Lipinski definition) is 6. The molecule has 1 aromatic rings. The maximum atomic E-state index is 15.0. The van der Waals surface area contributed by atoms with Crippen LogP contribution in [0.3, 0.4) is 0 Å². The first-order valence-corrected chi connectivity index (χ1v) is 15.8. The lowest BCUT2D eigenvalue weighted by Gasteiger charge is -2.42. The fraction of sp³-hybridized carbons (Fsp3) is 0.606. The van der Waals surface area contributed by atoms with E-state index in [1.165, 1.54) is 0 Å². The Labute approximate surface area is 249 Å². The van der Waals surface area contributed by atoms with Gasteiger partial charge in [0.25, 0.3) is 5.91 Å². The number of unbranched alkanes of at least 4 members (excludes halogenated alkanes) is 1. The highest BCUT2D eigenvalue weighted by Gasteiger charge is 2.77. The standard InChI is InChI=1S/C33H46N2O5S/c1-8-10-11-16-40-32(39)26-25-18-23(7)33(41-25)27(26)30(37)35(24(19-36)17-20(3)4)29(33)31(38)34(15-9-2)28-21(5)13-12-14-22(28)6/h8-9,12-14,20,23-27,29,36H,1-2,10-11,15-19H2,3-7H3/t23?,24-,25-,26+,27+,29?,33?/m1/s1. The number of ether oxygens (including phenoxy) is 1. The van der Waals surface area contributed by atoms with Crippen LogP contribution in [-0.4, -0.2) is 69.6 Å². The molecule has 7 atom stereocenters. The Morgan fingerprint density at radius 2 is 1.93 bits per heavy atom. The molecular formula is C33H46N2O5S. The molecule has 3 saturated heterocycles. The van der Waals surface area contributed by atoms with Crippen molar-refractivity contribution in [2.24, 2.45) is 23.7 Å². The average molecular weight is 583 g/mol. The maximum absolute atomic E-state index is 15.0. The molecule has 0 radical (unpaired) electrons. The Kier molecular flexibility index (Phi) is 9.74. The van der Waals surface area contributed by atoms with Gasteiger partial charge in [-0.1, -0.05) is 51.1 Å². The number of anilines is 1. The number of rotatable bonds is 13. The van der Waals surface area contributed by atoms with Gasteiger partial charge in [0.1, 0.15) is 6.04 Å². The lowest BCUT2D eigenvalue weighted by atomic mass is 9.66. The number of aliphatic hydroxyl groups is 1. The Morgan fingerprint density at radius 3 is 2.51 bits per heavy atom. The number of nitrogens with zero attached hydrogens (tertiary/aromatic N) is 2. The molecule has 0 aliphatic carbocycles. The SMILES string of the molecule is C=CCCCOC(=O)[C@@H]1[C@H]2C(=O)N([C@@H](CO)CC(C)C)C(C(=O)N(CC=C)c3c(C)cccc3C)C23S[C@@H]1CC3C. The summed E-state index contributed by atoms with van der Waals surface area (Å²) in [4.78, 5) is 46.5. The molecule has 1 N–H and O–H groups in total. The summed E-state index contributed by atoms with van der Waals surface area (Å²) in [7, 11) is 0. The number of carbonyl (C=O) groups excluding carboxylic acids is 3. The van der Waals surface area contributed by atoms with Crippen LogP contribution in [0.5, 0.6) is 0 Å². The van der Waals surface area contributed by atoms with Gasteiger partial charge in [-0.05, 0) is 62.5 Å². The Hall–Kier alpha value is -2.58. The van der Waals surface area contributed by atoms with Crippen molar-refractivity contribution in [1.29, 1.82) is 0 Å².